The minimum atomic E-state index is 0.290. The number of hydrogen-bond donors (Lipinski definition) is 1. The highest BCUT2D eigenvalue weighted by Gasteiger charge is 2.19. The number of ether oxygens (including phenoxy) is 2. The predicted octanol–water partition coefficient (Wildman–Crippen LogP) is 6.51. The van der Waals surface area contributed by atoms with Crippen molar-refractivity contribution in [3.8, 4) is 22.9 Å². The number of aliphatic hydroxyl groups excluding tert-OH is 1. The van der Waals surface area contributed by atoms with Crippen molar-refractivity contribution in [2.24, 2.45) is 5.92 Å². The van der Waals surface area contributed by atoms with E-state index in [-0.39, 0.29) is 6.61 Å². The molecule has 0 radical (unpaired) electrons. The van der Waals surface area contributed by atoms with Gasteiger partial charge in [0.15, 0.2) is 0 Å². The molecule has 5 rings (SSSR count). The van der Waals surface area contributed by atoms with Crippen LogP contribution in [0.15, 0.2) is 97.1 Å². The Hall–Kier alpha value is -3.83. The summed E-state index contributed by atoms with van der Waals surface area (Å²) in [5, 5.41) is 9.23. The highest BCUT2D eigenvalue weighted by molar-refractivity contribution is 5.71. The van der Waals surface area contributed by atoms with E-state index < -0.39 is 0 Å². The maximum Gasteiger partial charge on any atom is 0.225 e. The molecule has 37 heavy (non-hydrogen) atoms. The molecule has 1 saturated heterocycles. The van der Waals surface area contributed by atoms with Gasteiger partial charge in [-0.3, -0.25) is 0 Å². The zero-order valence-electron chi connectivity index (χ0n) is 21.1. The molecule has 1 aliphatic heterocycles. The average molecular weight is 495 g/mol. The monoisotopic (exact) mass is 494 g/mol. The Morgan fingerprint density at radius 3 is 1.97 bits per heavy atom. The fraction of sp³-hybridized carbons (Fsp3) is 0.281. The average Bonchev–Trinajstić information content (AvgIpc) is 2.97. The summed E-state index contributed by atoms with van der Waals surface area (Å²) in [6.45, 7) is 3.24. The Morgan fingerprint density at radius 2 is 1.35 bits per heavy atom. The smallest absolute Gasteiger partial charge is 0.225 e. The first kappa shape index (κ1) is 24.8. The van der Waals surface area contributed by atoms with E-state index in [4.69, 9.17) is 14.5 Å². The molecule has 3 aromatic carbocycles. The molecule has 0 saturated carbocycles. The number of rotatable bonds is 10. The van der Waals surface area contributed by atoms with Crippen LogP contribution < -0.4 is 14.4 Å². The van der Waals surface area contributed by atoms with E-state index in [0.717, 1.165) is 54.6 Å². The summed E-state index contributed by atoms with van der Waals surface area (Å²) >= 11 is 0. The normalized spacial score (nSPS) is 13.9. The number of piperidine rings is 1. The molecular formula is C32H34N2O3. The lowest BCUT2D eigenvalue weighted by atomic mass is 9.93. The first-order valence-electron chi connectivity index (χ1n) is 13.1. The van der Waals surface area contributed by atoms with Gasteiger partial charge in [-0.1, -0.05) is 72.8 Å². The van der Waals surface area contributed by atoms with Crippen molar-refractivity contribution in [2.45, 2.75) is 32.5 Å². The minimum Gasteiger partial charge on any atom is -0.473 e. The van der Waals surface area contributed by atoms with Gasteiger partial charge in [0, 0.05) is 37.0 Å². The molecule has 4 aromatic rings. The Kier molecular flexibility index (Phi) is 8.34. The van der Waals surface area contributed by atoms with Gasteiger partial charge in [0.1, 0.15) is 13.2 Å². The standard InChI is InChI=1S/C32H34N2O3/c35-22-19-25-17-20-34(21-18-25)29-13-11-28(12-14-29)30-15-16-31(36-23-26-7-3-1-4-8-26)33-32(30)37-24-27-9-5-2-6-10-27/h1-16,25,35H,17-24H2. The SMILES string of the molecule is OCCC1CCN(c2ccc(-c3ccc(OCc4ccccc4)nc3OCc3ccccc3)cc2)CC1. The topological polar surface area (TPSA) is 54.8 Å². The van der Waals surface area contributed by atoms with E-state index in [0.29, 0.717) is 30.9 Å². The lowest BCUT2D eigenvalue weighted by molar-refractivity contribution is 0.240. The van der Waals surface area contributed by atoms with Gasteiger partial charge in [-0.15, -0.1) is 0 Å². The maximum atomic E-state index is 9.23. The van der Waals surface area contributed by atoms with Crippen LogP contribution in [-0.4, -0.2) is 29.8 Å². The molecule has 0 unspecified atom stereocenters. The van der Waals surface area contributed by atoms with E-state index in [2.05, 4.69) is 29.2 Å². The van der Waals surface area contributed by atoms with Gasteiger partial charge in [-0.05, 0) is 60.1 Å². The maximum absolute atomic E-state index is 9.23. The van der Waals surface area contributed by atoms with Crippen molar-refractivity contribution in [1.29, 1.82) is 0 Å². The number of aromatic nitrogens is 1. The number of nitrogens with zero attached hydrogens (tertiary/aromatic N) is 2. The molecule has 190 valence electrons. The van der Waals surface area contributed by atoms with Crippen LogP contribution in [0.5, 0.6) is 11.8 Å². The molecule has 0 spiro atoms. The van der Waals surface area contributed by atoms with E-state index in [1.165, 1.54) is 5.69 Å². The first-order chi connectivity index (χ1) is 18.3. The van der Waals surface area contributed by atoms with Crippen molar-refractivity contribution in [2.75, 3.05) is 24.6 Å². The molecule has 0 atom stereocenters. The van der Waals surface area contributed by atoms with Crippen molar-refractivity contribution >= 4 is 5.69 Å². The van der Waals surface area contributed by atoms with Crippen LogP contribution in [0.3, 0.4) is 0 Å². The van der Waals surface area contributed by atoms with Crippen LogP contribution in [0.4, 0.5) is 5.69 Å². The first-order valence-corrected chi connectivity index (χ1v) is 13.1. The number of anilines is 1. The third-order valence-electron chi connectivity index (χ3n) is 6.98. The number of hydrogen-bond acceptors (Lipinski definition) is 5. The second-order valence-electron chi connectivity index (χ2n) is 9.54. The summed E-state index contributed by atoms with van der Waals surface area (Å²) in [6.07, 6.45) is 3.18. The molecule has 1 aliphatic rings. The Bertz CT molecular complexity index is 1240. The Balaban J connectivity index is 1.33. The second kappa shape index (κ2) is 12.4. The zero-order valence-corrected chi connectivity index (χ0v) is 21.1. The minimum absolute atomic E-state index is 0.290. The van der Waals surface area contributed by atoms with E-state index >= 15 is 0 Å². The molecule has 0 aliphatic carbocycles. The van der Waals surface area contributed by atoms with E-state index in [9.17, 15) is 5.11 Å². The quantitative estimate of drug-likeness (QED) is 0.273. The van der Waals surface area contributed by atoms with E-state index in [1.54, 1.807) is 0 Å². The van der Waals surface area contributed by atoms with Crippen molar-refractivity contribution in [3.05, 3.63) is 108 Å². The molecule has 5 heteroatoms. The third-order valence-corrected chi connectivity index (χ3v) is 6.98. The summed E-state index contributed by atoms with van der Waals surface area (Å²) in [5.74, 6) is 1.74. The predicted molar refractivity (Wildman–Crippen MR) is 148 cm³/mol. The van der Waals surface area contributed by atoms with Crippen molar-refractivity contribution in [1.82, 2.24) is 4.98 Å². The second-order valence-corrected chi connectivity index (χ2v) is 9.54. The Morgan fingerprint density at radius 1 is 0.730 bits per heavy atom. The largest absolute Gasteiger partial charge is 0.473 e. The summed E-state index contributed by atoms with van der Waals surface area (Å²) in [5.41, 5.74) is 5.41. The molecule has 1 fully saturated rings. The van der Waals surface area contributed by atoms with Gasteiger partial charge >= 0.3 is 0 Å². The van der Waals surface area contributed by atoms with Crippen molar-refractivity contribution in [3.63, 3.8) is 0 Å². The highest BCUT2D eigenvalue weighted by atomic mass is 16.5. The highest BCUT2D eigenvalue weighted by Crippen LogP contribution is 2.33. The molecule has 1 N–H and O–H groups in total. The summed E-state index contributed by atoms with van der Waals surface area (Å²) in [4.78, 5) is 7.18. The molecule has 0 bridgehead atoms. The van der Waals surface area contributed by atoms with Crippen LogP contribution >= 0.6 is 0 Å². The van der Waals surface area contributed by atoms with Crippen LogP contribution in [0.25, 0.3) is 11.1 Å². The molecule has 5 nitrogen and oxygen atoms in total. The number of pyridine rings is 1. The third kappa shape index (κ3) is 6.69. The van der Waals surface area contributed by atoms with Gasteiger partial charge in [0.25, 0.3) is 0 Å². The van der Waals surface area contributed by atoms with Crippen molar-refractivity contribution < 1.29 is 14.6 Å². The molecule has 2 heterocycles. The number of benzene rings is 3. The van der Waals surface area contributed by atoms with E-state index in [1.807, 2.05) is 72.8 Å². The zero-order chi connectivity index (χ0) is 25.3. The molecule has 1 aromatic heterocycles. The van der Waals surface area contributed by atoms with Gasteiger partial charge in [0.05, 0.1) is 0 Å². The lowest BCUT2D eigenvalue weighted by Gasteiger charge is -2.33. The van der Waals surface area contributed by atoms with Gasteiger partial charge in [-0.25, -0.2) is 0 Å². The number of aliphatic hydroxyl groups is 1. The van der Waals surface area contributed by atoms with Gasteiger partial charge in [-0.2, -0.15) is 4.98 Å². The van der Waals surface area contributed by atoms with Crippen LogP contribution in [0, 0.1) is 5.92 Å². The van der Waals surface area contributed by atoms with Crippen LogP contribution in [0.2, 0.25) is 0 Å². The molecular weight excluding hydrogens is 460 g/mol. The molecule has 0 amide bonds. The summed E-state index contributed by atoms with van der Waals surface area (Å²) in [7, 11) is 0. The lowest BCUT2D eigenvalue weighted by Crippen LogP contribution is -2.33. The van der Waals surface area contributed by atoms with Gasteiger partial charge in [0.2, 0.25) is 11.8 Å². The van der Waals surface area contributed by atoms with Crippen LogP contribution in [0.1, 0.15) is 30.4 Å². The summed E-state index contributed by atoms with van der Waals surface area (Å²) < 4.78 is 12.2. The van der Waals surface area contributed by atoms with Gasteiger partial charge < -0.3 is 19.5 Å². The van der Waals surface area contributed by atoms with Crippen LogP contribution in [-0.2, 0) is 13.2 Å². The fourth-order valence-corrected chi connectivity index (χ4v) is 4.81. The fourth-order valence-electron chi connectivity index (χ4n) is 4.81. The Labute approximate surface area is 219 Å². The summed E-state index contributed by atoms with van der Waals surface area (Å²) in [6, 6.07) is 32.8.